The highest BCUT2D eigenvalue weighted by molar-refractivity contribution is 5.93. The van der Waals surface area contributed by atoms with Crippen molar-refractivity contribution in [2.24, 2.45) is 11.8 Å². The van der Waals surface area contributed by atoms with Crippen molar-refractivity contribution in [1.82, 2.24) is 10.2 Å². The number of carboxylic acids is 1. The first-order valence-electron chi connectivity index (χ1n) is 11.9. The molecule has 1 unspecified atom stereocenters. The van der Waals surface area contributed by atoms with Gasteiger partial charge in [0.2, 0.25) is 23.4 Å². The molecule has 2 N–H and O–H groups in total. The third-order valence-electron chi connectivity index (χ3n) is 6.57. The van der Waals surface area contributed by atoms with Gasteiger partial charge in [0.15, 0.2) is 23.2 Å². The number of likely N-dealkylation sites (tertiary alicyclic amines) is 1. The van der Waals surface area contributed by atoms with E-state index in [1.165, 1.54) is 0 Å². The van der Waals surface area contributed by atoms with E-state index in [2.05, 4.69) is 10.1 Å². The molecule has 36 heavy (non-hydrogen) atoms. The van der Waals surface area contributed by atoms with Gasteiger partial charge in [-0.25, -0.2) is 8.78 Å². The first-order chi connectivity index (χ1) is 17.1. The summed E-state index contributed by atoms with van der Waals surface area (Å²) in [6.45, 7) is -0.512. The van der Waals surface area contributed by atoms with Gasteiger partial charge in [0.1, 0.15) is 12.6 Å². The van der Waals surface area contributed by atoms with Crippen LogP contribution >= 0.6 is 0 Å². The van der Waals surface area contributed by atoms with E-state index < -0.39 is 71.7 Å². The van der Waals surface area contributed by atoms with E-state index in [-0.39, 0.29) is 24.4 Å². The molecular formula is C24H28F4N2O6. The van der Waals surface area contributed by atoms with E-state index in [9.17, 15) is 36.7 Å². The van der Waals surface area contributed by atoms with Crippen LogP contribution in [0.2, 0.25) is 0 Å². The summed E-state index contributed by atoms with van der Waals surface area (Å²) < 4.78 is 58.9. The Bertz CT molecular complexity index is 989. The Labute approximate surface area is 205 Å². The lowest BCUT2D eigenvalue weighted by molar-refractivity contribution is -0.141. The average molecular weight is 516 g/mol. The zero-order valence-electron chi connectivity index (χ0n) is 19.5. The highest BCUT2D eigenvalue weighted by Crippen LogP contribution is 2.29. The Morgan fingerprint density at radius 2 is 1.56 bits per heavy atom. The van der Waals surface area contributed by atoms with Crippen LogP contribution in [-0.2, 0) is 19.2 Å². The van der Waals surface area contributed by atoms with Crippen LogP contribution in [0.25, 0.3) is 0 Å². The Morgan fingerprint density at radius 1 is 0.972 bits per heavy atom. The van der Waals surface area contributed by atoms with Crippen LogP contribution in [0.15, 0.2) is 6.07 Å². The maximum Gasteiger partial charge on any atom is 0.305 e. The molecule has 3 rings (SSSR count). The molecule has 0 aromatic heterocycles. The molecule has 0 bridgehead atoms. The summed E-state index contributed by atoms with van der Waals surface area (Å²) in [6, 6.07) is -1.65. The maximum atomic E-state index is 13.8. The number of carboxylic acid groups (broad SMARTS) is 1. The Balaban J connectivity index is 1.66. The highest BCUT2D eigenvalue weighted by atomic mass is 19.2. The largest absolute Gasteiger partial charge is 0.481 e. The summed E-state index contributed by atoms with van der Waals surface area (Å²) in [5.41, 5.74) is 0. The van der Waals surface area contributed by atoms with Gasteiger partial charge in [0.05, 0.1) is 12.3 Å². The standard InChI is InChI=1S/C24H28F4N2O6/c25-15-9-16(26)21(28)22(20(15)27)36-12-18(31)17(10-19(32)33)29-23(34)14-7-3-4-8-30(11-14)24(35)13-5-1-2-6-13/h9,13-14,17H,1-8,10-12H2,(H,29,34)(H,32,33)/t14?,17-/m0/s1. The van der Waals surface area contributed by atoms with Gasteiger partial charge in [-0.2, -0.15) is 8.78 Å². The number of benzene rings is 1. The number of hydrogen-bond donors (Lipinski definition) is 2. The van der Waals surface area contributed by atoms with Crippen molar-refractivity contribution in [3.8, 4) is 5.75 Å². The van der Waals surface area contributed by atoms with Crippen molar-refractivity contribution in [3.63, 3.8) is 0 Å². The number of nitrogens with one attached hydrogen (secondary N) is 1. The predicted octanol–water partition coefficient (Wildman–Crippen LogP) is 2.97. The molecule has 198 valence electrons. The summed E-state index contributed by atoms with van der Waals surface area (Å²) in [7, 11) is 0. The summed E-state index contributed by atoms with van der Waals surface area (Å²) >= 11 is 0. The van der Waals surface area contributed by atoms with E-state index in [4.69, 9.17) is 5.11 Å². The van der Waals surface area contributed by atoms with Crippen LogP contribution in [0.3, 0.4) is 0 Å². The van der Waals surface area contributed by atoms with Crippen molar-refractivity contribution >= 4 is 23.6 Å². The number of Topliss-reactive ketones (excluding diaryl/α,β-unsaturated/α-hetero) is 1. The van der Waals surface area contributed by atoms with Gasteiger partial charge in [-0.3, -0.25) is 19.2 Å². The van der Waals surface area contributed by atoms with Crippen LogP contribution in [-0.4, -0.2) is 59.3 Å². The topological polar surface area (TPSA) is 113 Å². The fourth-order valence-corrected chi connectivity index (χ4v) is 4.62. The molecule has 12 heteroatoms. The molecule has 1 heterocycles. The van der Waals surface area contributed by atoms with Gasteiger partial charge >= 0.3 is 5.97 Å². The lowest BCUT2D eigenvalue weighted by Gasteiger charge is -2.27. The molecule has 2 aliphatic rings. The van der Waals surface area contributed by atoms with Crippen molar-refractivity contribution in [3.05, 3.63) is 29.3 Å². The average Bonchev–Trinajstić information content (AvgIpc) is 3.25. The zero-order chi connectivity index (χ0) is 26.4. The number of carbonyl (C=O) groups excluding carboxylic acids is 3. The minimum atomic E-state index is -1.86. The number of nitrogens with zero attached hydrogens (tertiary/aromatic N) is 1. The van der Waals surface area contributed by atoms with Gasteiger partial charge in [-0.1, -0.05) is 19.3 Å². The molecule has 0 radical (unpaired) electrons. The van der Waals surface area contributed by atoms with Crippen LogP contribution in [0, 0.1) is 35.1 Å². The van der Waals surface area contributed by atoms with Gasteiger partial charge in [-0.05, 0) is 25.7 Å². The molecule has 1 saturated heterocycles. The third-order valence-corrected chi connectivity index (χ3v) is 6.57. The minimum Gasteiger partial charge on any atom is -0.481 e. The molecule has 2 amide bonds. The Hall–Kier alpha value is -3.18. The van der Waals surface area contributed by atoms with Crippen molar-refractivity contribution in [1.29, 1.82) is 0 Å². The normalized spacial score (nSPS) is 19.4. The monoisotopic (exact) mass is 516 g/mol. The predicted molar refractivity (Wildman–Crippen MR) is 117 cm³/mol. The molecule has 1 aliphatic carbocycles. The van der Waals surface area contributed by atoms with E-state index in [1.807, 2.05) is 0 Å². The second-order valence-electron chi connectivity index (χ2n) is 9.17. The number of carbonyl (C=O) groups is 4. The zero-order valence-corrected chi connectivity index (χ0v) is 19.5. The quantitative estimate of drug-likeness (QED) is 0.386. The first kappa shape index (κ1) is 27.4. The lowest BCUT2D eigenvalue weighted by atomic mass is 10.00. The highest BCUT2D eigenvalue weighted by Gasteiger charge is 2.34. The van der Waals surface area contributed by atoms with Gasteiger partial charge in [0.25, 0.3) is 0 Å². The van der Waals surface area contributed by atoms with Gasteiger partial charge in [-0.15, -0.1) is 0 Å². The molecule has 8 nitrogen and oxygen atoms in total. The third kappa shape index (κ3) is 6.73. The number of ether oxygens (including phenoxy) is 1. The number of amides is 2. The van der Waals surface area contributed by atoms with E-state index in [1.54, 1.807) is 4.90 Å². The molecular weight excluding hydrogens is 488 g/mol. The fourth-order valence-electron chi connectivity index (χ4n) is 4.62. The smallest absolute Gasteiger partial charge is 0.305 e. The molecule has 1 aromatic rings. The maximum absolute atomic E-state index is 13.8. The SMILES string of the molecule is O=C(O)C[C@H](NC(=O)C1CCCCN(C(=O)C2CCCC2)C1)C(=O)COc1c(F)c(F)cc(F)c1F. The van der Waals surface area contributed by atoms with E-state index in [0.717, 1.165) is 25.7 Å². The van der Waals surface area contributed by atoms with E-state index >= 15 is 0 Å². The number of hydrogen-bond acceptors (Lipinski definition) is 5. The summed E-state index contributed by atoms with van der Waals surface area (Å²) in [5.74, 6) is -12.6. The Morgan fingerprint density at radius 3 is 2.17 bits per heavy atom. The first-order valence-corrected chi connectivity index (χ1v) is 11.9. The van der Waals surface area contributed by atoms with Crippen molar-refractivity contribution in [2.75, 3.05) is 19.7 Å². The number of halogens is 4. The number of aliphatic carboxylic acids is 1. The number of rotatable bonds is 9. The van der Waals surface area contributed by atoms with Crippen molar-refractivity contribution in [2.45, 2.75) is 57.4 Å². The fraction of sp³-hybridized carbons (Fsp3) is 0.583. The minimum absolute atomic E-state index is 0.00913. The molecule has 1 aromatic carbocycles. The van der Waals surface area contributed by atoms with Crippen molar-refractivity contribution < 1.29 is 46.6 Å². The summed E-state index contributed by atoms with van der Waals surface area (Å²) in [6.07, 6.45) is 4.48. The van der Waals surface area contributed by atoms with E-state index in [0.29, 0.717) is 25.8 Å². The molecule has 0 spiro atoms. The molecule has 1 saturated carbocycles. The second-order valence-corrected chi connectivity index (χ2v) is 9.17. The van der Waals surface area contributed by atoms with Gasteiger partial charge < -0.3 is 20.1 Å². The Kier molecular flexibility index (Phi) is 9.27. The van der Waals surface area contributed by atoms with Crippen LogP contribution in [0.1, 0.15) is 51.4 Å². The number of ketones is 1. The molecule has 1 aliphatic heterocycles. The van der Waals surface area contributed by atoms with Crippen LogP contribution in [0.5, 0.6) is 5.75 Å². The summed E-state index contributed by atoms with van der Waals surface area (Å²) in [4.78, 5) is 51.3. The van der Waals surface area contributed by atoms with Gasteiger partial charge in [0, 0.05) is 25.1 Å². The van der Waals surface area contributed by atoms with Crippen LogP contribution in [0.4, 0.5) is 17.6 Å². The summed E-state index contributed by atoms with van der Waals surface area (Å²) in [5, 5.41) is 11.5. The lowest BCUT2D eigenvalue weighted by Crippen LogP contribution is -2.49. The molecule has 2 fully saturated rings. The molecule has 2 atom stereocenters. The second kappa shape index (κ2) is 12.2. The van der Waals surface area contributed by atoms with Crippen LogP contribution < -0.4 is 10.1 Å².